The average molecular weight is 407 g/mol. The molecule has 1 fully saturated rings. The smallest absolute Gasteiger partial charge is 0.254 e. The fourth-order valence-electron chi connectivity index (χ4n) is 4.49. The molecule has 2 aliphatic heterocycles. The van der Waals surface area contributed by atoms with Crippen molar-refractivity contribution in [2.24, 2.45) is 7.05 Å². The predicted molar refractivity (Wildman–Crippen MR) is 108 cm³/mol. The van der Waals surface area contributed by atoms with Crippen LogP contribution < -0.4 is 4.90 Å². The number of fused-ring (bicyclic) bond motifs is 8. The maximum atomic E-state index is 14.2. The van der Waals surface area contributed by atoms with Gasteiger partial charge in [-0.2, -0.15) is 10.2 Å². The predicted octanol–water partition coefficient (Wildman–Crippen LogP) is 2.65. The average Bonchev–Trinajstić information content (AvgIpc) is 3.32. The van der Waals surface area contributed by atoms with Crippen LogP contribution in [-0.2, 0) is 13.6 Å². The fourth-order valence-corrected chi connectivity index (χ4v) is 4.49. The number of nitrogens with zero attached hydrogens (tertiary/aromatic N) is 7. The molecule has 30 heavy (non-hydrogen) atoms. The van der Waals surface area contributed by atoms with Crippen molar-refractivity contribution in [1.29, 1.82) is 0 Å². The topological polar surface area (TPSA) is 80.0 Å². The maximum Gasteiger partial charge on any atom is 0.254 e. The zero-order valence-electron chi connectivity index (χ0n) is 17.1. The number of carbonyl (C=O) groups excluding carboxylic acids is 1. The van der Waals surface area contributed by atoms with E-state index in [1.165, 1.54) is 12.1 Å². The van der Waals surface area contributed by atoms with E-state index < -0.39 is 0 Å². The molecule has 0 unspecified atom stereocenters. The van der Waals surface area contributed by atoms with Crippen molar-refractivity contribution in [1.82, 2.24) is 29.9 Å². The largest absolute Gasteiger partial charge is 0.348 e. The van der Waals surface area contributed by atoms with Crippen molar-refractivity contribution >= 4 is 11.7 Å². The molecular weight excluding hydrogens is 385 g/mol. The Morgan fingerprint density at radius 3 is 2.90 bits per heavy atom. The van der Waals surface area contributed by atoms with Crippen LogP contribution in [0.4, 0.5) is 10.2 Å². The summed E-state index contributed by atoms with van der Waals surface area (Å²) in [5.41, 5.74) is 3.59. The first kappa shape index (κ1) is 18.7. The Bertz CT molecular complexity index is 1160. The van der Waals surface area contributed by atoms with Crippen molar-refractivity contribution in [2.75, 3.05) is 18.5 Å². The molecule has 1 atom stereocenters. The lowest BCUT2D eigenvalue weighted by atomic mass is 9.97. The van der Waals surface area contributed by atoms with Crippen molar-refractivity contribution < 1.29 is 9.18 Å². The fraction of sp³-hybridized carbons (Fsp3) is 0.381. The molecule has 154 valence electrons. The van der Waals surface area contributed by atoms with Crippen LogP contribution in [0, 0.1) is 12.7 Å². The Morgan fingerprint density at radius 2 is 2.07 bits per heavy atom. The summed E-state index contributed by atoms with van der Waals surface area (Å²) in [6.45, 7) is 2.99. The van der Waals surface area contributed by atoms with Gasteiger partial charge in [-0.15, -0.1) is 5.10 Å². The highest BCUT2D eigenvalue weighted by molar-refractivity contribution is 5.96. The molecule has 2 aliphatic rings. The van der Waals surface area contributed by atoms with Crippen LogP contribution in [0.25, 0.3) is 11.4 Å². The third-order valence-corrected chi connectivity index (χ3v) is 6.06. The van der Waals surface area contributed by atoms with E-state index in [1.54, 1.807) is 28.9 Å². The lowest BCUT2D eigenvalue weighted by Crippen LogP contribution is -2.31. The third-order valence-electron chi connectivity index (χ3n) is 6.06. The molecule has 3 aromatic rings. The van der Waals surface area contributed by atoms with E-state index in [1.807, 2.05) is 14.0 Å². The molecule has 0 saturated carbocycles. The summed E-state index contributed by atoms with van der Waals surface area (Å²) < 4.78 is 16.0. The molecule has 9 heteroatoms. The van der Waals surface area contributed by atoms with Crippen molar-refractivity contribution in [3.63, 3.8) is 0 Å². The number of aryl methyl sites for hydroxylation is 1. The van der Waals surface area contributed by atoms with E-state index in [4.69, 9.17) is 4.98 Å². The number of hydrogen-bond acceptors (Lipinski definition) is 6. The summed E-state index contributed by atoms with van der Waals surface area (Å²) in [6.07, 6.45) is 3.36. The number of amides is 1. The van der Waals surface area contributed by atoms with Gasteiger partial charge in [0.25, 0.3) is 5.91 Å². The summed E-state index contributed by atoms with van der Waals surface area (Å²) in [5, 5.41) is 13.1. The molecule has 4 heterocycles. The highest BCUT2D eigenvalue weighted by Gasteiger charge is 2.33. The van der Waals surface area contributed by atoms with Crippen molar-refractivity contribution in [2.45, 2.75) is 32.4 Å². The van der Waals surface area contributed by atoms with Crippen LogP contribution in [0.2, 0.25) is 0 Å². The first-order valence-electron chi connectivity index (χ1n) is 9.98. The molecule has 0 radical (unpaired) electrons. The molecule has 0 aliphatic carbocycles. The zero-order valence-corrected chi connectivity index (χ0v) is 17.1. The standard InChI is InChI=1S/C21H22FN7O/c1-12-19-16(26-28(12)3)11-27(2)21(30)14-7-6-13(22)9-15(14)17-5-4-8-29(17)18-10-23-25-20(19)24-18/h6-7,9-10,17H,4-5,8,11H2,1-3H3/t17-/m1/s1. The molecule has 5 rings (SSSR count). The Labute approximate surface area is 173 Å². The molecule has 0 spiro atoms. The first-order chi connectivity index (χ1) is 14.4. The van der Waals surface area contributed by atoms with Crippen LogP contribution in [0.5, 0.6) is 0 Å². The maximum absolute atomic E-state index is 14.2. The quantitative estimate of drug-likeness (QED) is 0.570. The van der Waals surface area contributed by atoms with Gasteiger partial charge in [0.15, 0.2) is 11.6 Å². The third kappa shape index (κ3) is 2.84. The summed E-state index contributed by atoms with van der Waals surface area (Å²) in [4.78, 5) is 21.9. The molecule has 8 nitrogen and oxygen atoms in total. The van der Waals surface area contributed by atoms with Gasteiger partial charge in [0.05, 0.1) is 30.0 Å². The summed E-state index contributed by atoms with van der Waals surface area (Å²) >= 11 is 0. The summed E-state index contributed by atoms with van der Waals surface area (Å²) in [6, 6.07) is 4.25. The van der Waals surface area contributed by atoms with Crippen molar-refractivity contribution in [3.8, 4) is 11.4 Å². The van der Waals surface area contributed by atoms with E-state index in [0.29, 0.717) is 28.5 Å². The van der Waals surface area contributed by atoms with Crippen LogP contribution >= 0.6 is 0 Å². The molecule has 1 aromatic carbocycles. The SMILES string of the molecule is Cc1c2c(nn1C)CN(C)C(=O)c1ccc(F)cc1[C@H]1CCCN1c1cnnc-2n1. The molecule has 2 aromatic heterocycles. The Morgan fingerprint density at radius 1 is 1.23 bits per heavy atom. The highest BCUT2D eigenvalue weighted by Crippen LogP contribution is 2.38. The number of carbonyl (C=O) groups is 1. The lowest BCUT2D eigenvalue weighted by molar-refractivity contribution is 0.0781. The number of hydrogen-bond donors (Lipinski definition) is 0. The lowest BCUT2D eigenvalue weighted by Gasteiger charge is -2.29. The van der Waals surface area contributed by atoms with Gasteiger partial charge in [-0.3, -0.25) is 9.48 Å². The van der Waals surface area contributed by atoms with Gasteiger partial charge in [-0.1, -0.05) is 0 Å². The van der Waals surface area contributed by atoms with E-state index in [0.717, 1.165) is 30.6 Å². The zero-order chi connectivity index (χ0) is 21.0. The van der Waals surface area contributed by atoms with Gasteiger partial charge >= 0.3 is 0 Å². The van der Waals surface area contributed by atoms with Crippen LogP contribution in [-0.4, -0.2) is 49.4 Å². The minimum atomic E-state index is -0.354. The second-order valence-electron chi connectivity index (χ2n) is 7.91. The summed E-state index contributed by atoms with van der Waals surface area (Å²) in [7, 11) is 3.59. The Hall–Kier alpha value is -3.36. The molecule has 2 bridgehead atoms. The number of aromatic nitrogens is 5. The van der Waals surface area contributed by atoms with Gasteiger partial charge in [0.2, 0.25) is 0 Å². The number of halogens is 1. The van der Waals surface area contributed by atoms with Crippen molar-refractivity contribution in [3.05, 3.63) is 52.7 Å². The second-order valence-corrected chi connectivity index (χ2v) is 7.91. The minimum Gasteiger partial charge on any atom is -0.348 e. The van der Waals surface area contributed by atoms with Gasteiger partial charge < -0.3 is 9.80 Å². The number of anilines is 1. The van der Waals surface area contributed by atoms with Gasteiger partial charge in [0.1, 0.15) is 5.82 Å². The van der Waals surface area contributed by atoms with Gasteiger partial charge in [0, 0.05) is 31.9 Å². The van der Waals surface area contributed by atoms with Gasteiger partial charge in [-0.05, 0) is 43.5 Å². The number of benzene rings is 1. The highest BCUT2D eigenvalue weighted by atomic mass is 19.1. The molecule has 1 saturated heterocycles. The Kier molecular flexibility index (Phi) is 4.27. The van der Waals surface area contributed by atoms with Gasteiger partial charge in [-0.25, -0.2) is 9.37 Å². The number of rotatable bonds is 0. The normalized spacial score (nSPS) is 18.4. The Balaban J connectivity index is 1.77. The van der Waals surface area contributed by atoms with Crippen LogP contribution in [0.15, 0.2) is 24.4 Å². The minimum absolute atomic E-state index is 0.147. The monoisotopic (exact) mass is 407 g/mol. The molecular formula is C21H22FN7O. The van der Waals surface area contributed by atoms with E-state index >= 15 is 0 Å². The van der Waals surface area contributed by atoms with Crippen LogP contribution in [0.1, 0.15) is 46.2 Å². The van der Waals surface area contributed by atoms with E-state index in [9.17, 15) is 9.18 Å². The first-order valence-corrected chi connectivity index (χ1v) is 9.98. The second kappa shape index (κ2) is 6.86. The van der Waals surface area contributed by atoms with Crippen LogP contribution in [0.3, 0.4) is 0 Å². The summed E-state index contributed by atoms with van der Waals surface area (Å²) in [5.74, 6) is 0.648. The molecule has 0 N–H and O–H groups in total. The molecule has 1 amide bonds. The van der Waals surface area contributed by atoms with E-state index in [2.05, 4.69) is 20.2 Å². The van der Waals surface area contributed by atoms with E-state index in [-0.39, 0.29) is 24.3 Å².